The second-order valence-electron chi connectivity index (χ2n) is 6.90. The van der Waals surface area contributed by atoms with E-state index in [1.807, 2.05) is 13.8 Å². The van der Waals surface area contributed by atoms with Gasteiger partial charge in [-0.1, -0.05) is 55.8 Å². The van der Waals surface area contributed by atoms with Crippen LogP contribution in [0.2, 0.25) is 5.02 Å². The summed E-state index contributed by atoms with van der Waals surface area (Å²) < 4.78 is 0. The predicted octanol–water partition coefficient (Wildman–Crippen LogP) is 2.39. The second kappa shape index (κ2) is 10.4. The summed E-state index contributed by atoms with van der Waals surface area (Å²) in [5.74, 6) is -2.57. The molecule has 0 radical (unpaired) electrons. The van der Waals surface area contributed by atoms with Gasteiger partial charge < -0.3 is 20.5 Å². The number of carbonyl (C=O) groups is 3. The molecule has 0 unspecified atom stereocenters. The van der Waals surface area contributed by atoms with Crippen LogP contribution < -0.4 is 15.7 Å². The largest absolute Gasteiger partial charge is 0.548 e. The molecule has 29 heavy (non-hydrogen) atoms. The van der Waals surface area contributed by atoms with Crippen molar-refractivity contribution in [1.29, 1.82) is 0 Å². The maximum absolute atomic E-state index is 12.8. The number of carbonyl (C=O) groups excluding carboxylic acids is 3. The van der Waals surface area contributed by atoms with Gasteiger partial charge in [-0.05, 0) is 48.2 Å². The molecular formula is C22H22ClN2O4-. The average Bonchev–Trinajstić information content (AvgIpc) is 2.68. The molecule has 0 aliphatic carbocycles. The molecular weight excluding hydrogens is 392 g/mol. The van der Waals surface area contributed by atoms with Crippen molar-refractivity contribution in [3.63, 3.8) is 0 Å². The zero-order valence-corrected chi connectivity index (χ0v) is 16.9. The lowest BCUT2D eigenvalue weighted by Crippen LogP contribution is -2.50. The van der Waals surface area contributed by atoms with E-state index in [-0.39, 0.29) is 18.0 Å². The van der Waals surface area contributed by atoms with Gasteiger partial charge in [-0.25, -0.2) is 0 Å². The van der Waals surface area contributed by atoms with Gasteiger partial charge in [0.05, 0.1) is 12.0 Å². The molecule has 0 aromatic heterocycles. The van der Waals surface area contributed by atoms with Crippen LogP contribution in [0.5, 0.6) is 0 Å². The molecule has 0 bridgehead atoms. The van der Waals surface area contributed by atoms with Gasteiger partial charge in [-0.2, -0.15) is 0 Å². The number of rotatable bonds is 8. The predicted molar refractivity (Wildman–Crippen MR) is 110 cm³/mol. The number of amides is 2. The molecule has 7 heteroatoms. The molecule has 1 atom stereocenters. The van der Waals surface area contributed by atoms with Crippen molar-refractivity contribution >= 4 is 35.5 Å². The van der Waals surface area contributed by atoms with Crippen LogP contribution in [0.3, 0.4) is 0 Å². The molecule has 2 aromatic rings. The number of halogens is 1. The van der Waals surface area contributed by atoms with E-state index in [0.717, 1.165) is 0 Å². The summed E-state index contributed by atoms with van der Waals surface area (Å²) in [6.07, 6.45) is 1.66. The van der Waals surface area contributed by atoms with E-state index in [4.69, 9.17) is 11.6 Å². The third kappa shape index (κ3) is 7.08. The molecule has 2 aromatic carbocycles. The van der Waals surface area contributed by atoms with E-state index < -0.39 is 23.8 Å². The SMILES string of the molecule is CC(C)C[C@@H](NC(=O)/C(=C/c1ccc(Cl)cc1)NC(=O)c1ccccc1)C(=O)[O-]. The number of hydrogen-bond donors (Lipinski definition) is 2. The van der Waals surface area contributed by atoms with E-state index >= 15 is 0 Å². The monoisotopic (exact) mass is 413 g/mol. The molecule has 2 N–H and O–H groups in total. The van der Waals surface area contributed by atoms with Crippen LogP contribution in [0.15, 0.2) is 60.3 Å². The maximum Gasteiger partial charge on any atom is 0.268 e. The first kappa shape index (κ1) is 22.2. The van der Waals surface area contributed by atoms with Crippen LogP contribution in [-0.4, -0.2) is 23.8 Å². The van der Waals surface area contributed by atoms with Gasteiger partial charge in [0.25, 0.3) is 11.8 Å². The third-order valence-corrected chi connectivity index (χ3v) is 4.26. The Balaban J connectivity index is 2.30. The molecule has 0 spiro atoms. The van der Waals surface area contributed by atoms with E-state index in [1.165, 1.54) is 6.08 Å². The minimum Gasteiger partial charge on any atom is -0.548 e. The van der Waals surface area contributed by atoms with Gasteiger partial charge in [0.15, 0.2) is 0 Å². The van der Waals surface area contributed by atoms with Crippen molar-refractivity contribution in [2.45, 2.75) is 26.3 Å². The highest BCUT2D eigenvalue weighted by molar-refractivity contribution is 6.30. The Morgan fingerprint density at radius 2 is 1.66 bits per heavy atom. The van der Waals surface area contributed by atoms with Gasteiger partial charge in [0, 0.05) is 10.6 Å². The van der Waals surface area contributed by atoms with Gasteiger partial charge in [-0.15, -0.1) is 0 Å². The highest BCUT2D eigenvalue weighted by Gasteiger charge is 2.20. The van der Waals surface area contributed by atoms with Crippen LogP contribution in [-0.2, 0) is 9.59 Å². The number of carboxylic acid groups (broad SMARTS) is 1. The molecule has 0 saturated carbocycles. The molecule has 6 nitrogen and oxygen atoms in total. The topological polar surface area (TPSA) is 98.3 Å². The van der Waals surface area contributed by atoms with Gasteiger partial charge in [-0.3, -0.25) is 9.59 Å². The van der Waals surface area contributed by atoms with Crippen LogP contribution in [0.1, 0.15) is 36.2 Å². The average molecular weight is 414 g/mol. The van der Waals surface area contributed by atoms with Crippen molar-refractivity contribution in [3.05, 3.63) is 76.4 Å². The quantitative estimate of drug-likeness (QED) is 0.649. The Bertz CT molecular complexity index is 893. The second-order valence-corrected chi connectivity index (χ2v) is 7.34. The molecule has 0 aliphatic rings. The zero-order valence-electron chi connectivity index (χ0n) is 16.1. The highest BCUT2D eigenvalue weighted by atomic mass is 35.5. The Hall–Kier alpha value is -3.12. The summed E-state index contributed by atoms with van der Waals surface area (Å²) in [7, 11) is 0. The number of hydrogen-bond acceptors (Lipinski definition) is 4. The third-order valence-electron chi connectivity index (χ3n) is 4.01. The van der Waals surface area contributed by atoms with Crippen molar-refractivity contribution in [1.82, 2.24) is 10.6 Å². The molecule has 0 aliphatic heterocycles. The Morgan fingerprint density at radius 3 is 2.21 bits per heavy atom. The van der Waals surface area contributed by atoms with E-state index in [1.54, 1.807) is 54.6 Å². The number of carboxylic acids is 1. The molecule has 0 heterocycles. The number of benzene rings is 2. The van der Waals surface area contributed by atoms with Crippen molar-refractivity contribution in [2.24, 2.45) is 5.92 Å². The smallest absolute Gasteiger partial charge is 0.268 e. The fourth-order valence-corrected chi connectivity index (χ4v) is 2.72. The molecule has 2 rings (SSSR count). The molecule has 2 amide bonds. The maximum atomic E-state index is 12.8. The summed E-state index contributed by atoms with van der Waals surface area (Å²) in [4.78, 5) is 36.7. The van der Waals surface area contributed by atoms with Crippen LogP contribution in [0.25, 0.3) is 6.08 Å². The van der Waals surface area contributed by atoms with Gasteiger partial charge in [0.2, 0.25) is 0 Å². The van der Waals surface area contributed by atoms with Crippen LogP contribution >= 0.6 is 11.6 Å². The lowest BCUT2D eigenvalue weighted by Gasteiger charge is -2.22. The first-order valence-corrected chi connectivity index (χ1v) is 9.49. The minimum atomic E-state index is -1.38. The zero-order chi connectivity index (χ0) is 21.4. The Morgan fingerprint density at radius 1 is 1.03 bits per heavy atom. The first-order chi connectivity index (χ1) is 13.8. The highest BCUT2D eigenvalue weighted by Crippen LogP contribution is 2.13. The van der Waals surface area contributed by atoms with E-state index in [9.17, 15) is 19.5 Å². The Kier molecular flexibility index (Phi) is 7.98. The van der Waals surface area contributed by atoms with Gasteiger partial charge in [0.1, 0.15) is 5.70 Å². The van der Waals surface area contributed by atoms with Crippen molar-refractivity contribution in [2.75, 3.05) is 0 Å². The summed E-state index contributed by atoms with van der Waals surface area (Å²) in [5, 5.41) is 16.9. The van der Waals surface area contributed by atoms with E-state index in [0.29, 0.717) is 16.1 Å². The summed E-state index contributed by atoms with van der Waals surface area (Å²) in [6, 6.07) is 13.8. The Labute approximate surface area is 174 Å². The molecule has 0 fully saturated rings. The van der Waals surface area contributed by atoms with Crippen molar-refractivity contribution < 1.29 is 19.5 Å². The first-order valence-electron chi connectivity index (χ1n) is 9.11. The van der Waals surface area contributed by atoms with Crippen LogP contribution in [0, 0.1) is 5.92 Å². The fourth-order valence-electron chi connectivity index (χ4n) is 2.59. The van der Waals surface area contributed by atoms with Crippen molar-refractivity contribution in [3.8, 4) is 0 Å². The van der Waals surface area contributed by atoms with Crippen LogP contribution in [0.4, 0.5) is 0 Å². The number of nitrogens with one attached hydrogen (secondary N) is 2. The molecule has 152 valence electrons. The minimum absolute atomic E-state index is 0.0285. The molecule has 0 saturated heterocycles. The fraction of sp³-hybridized carbons (Fsp3) is 0.227. The summed E-state index contributed by atoms with van der Waals surface area (Å²) >= 11 is 5.89. The number of aliphatic carboxylic acids is 1. The summed E-state index contributed by atoms with van der Waals surface area (Å²) in [6.45, 7) is 3.67. The standard InChI is InChI=1S/C22H23ClN2O4/c1-14(2)12-19(22(28)29)25-21(27)18(13-15-8-10-17(23)11-9-15)24-20(26)16-6-4-3-5-7-16/h3-11,13-14,19H,12H2,1-2H3,(H,24,26)(H,25,27)(H,28,29)/p-1/b18-13-/t19-/m1/s1. The summed E-state index contributed by atoms with van der Waals surface area (Å²) in [5.41, 5.74) is 0.888. The van der Waals surface area contributed by atoms with Gasteiger partial charge >= 0.3 is 0 Å². The lowest BCUT2D eigenvalue weighted by atomic mass is 10.0. The van der Waals surface area contributed by atoms with E-state index in [2.05, 4.69) is 10.6 Å². The normalized spacial score (nSPS) is 12.3. The lowest BCUT2D eigenvalue weighted by molar-refractivity contribution is -0.308.